The van der Waals surface area contributed by atoms with Crippen LogP contribution in [0.1, 0.15) is 19.4 Å². The quantitative estimate of drug-likeness (QED) is 0.685. The van der Waals surface area contributed by atoms with Gasteiger partial charge in [0.15, 0.2) is 0 Å². The number of nitro benzene ring substituents is 1. The lowest BCUT2D eigenvalue weighted by atomic mass is 10.0. The van der Waals surface area contributed by atoms with E-state index < -0.39 is 10.5 Å². The molecule has 1 saturated heterocycles. The monoisotopic (exact) mass is 314 g/mol. The summed E-state index contributed by atoms with van der Waals surface area (Å²) in [6.07, 6.45) is -0.290. The van der Waals surface area contributed by atoms with Gasteiger partial charge >= 0.3 is 0 Å². The highest BCUT2D eigenvalue weighted by molar-refractivity contribution is 6.33. The summed E-state index contributed by atoms with van der Waals surface area (Å²) in [7, 11) is 0. The van der Waals surface area contributed by atoms with E-state index in [4.69, 9.17) is 16.3 Å². The fraction of sp³-hybridized carbons (Fsp3) is 0.571. The lowest BCUT2D eigenvalue weighted by molar-refractivity contribution is -0.384. The van der Waals surface area contributed by atoms with Gasteiger partial charge in [0.2, 0.25) is 0 Å². The number of aliphatic hydroxyl groups is 1. The molecule has 0 bridgehead atoms. The molecule has 0 amide bonds. The second-order valence-corrected chi connectivity index (χ2v) is 6.32. The Morgan fingerprint density at radius 1 is 1.57 bits per heavy atom. The Bertz CT molecular complexity index is 562. The third-order valence-electron chi connectivity index (χ3n) is 3.49. The molecule has 0 radical (unpaired) electrons. The van der Waals surface area contributed by atoms with Gasteiger partial charge in [-0.25, -0.2) is 0 Å². The largest absolute Gasteiger partial charge is 0.394 e. The molecule has 21 heavy (non-hydrogen) atoms. The van der Waals surface area contributed by atoms with Crippen LogP contribution in [0.5, 0.6) is 0 Å². The third kappa shape index (κ3) is 3.45. The van der Waals surface area contributed by atoms with Gasteiger partial charge in [0, 0.05) is 24.8 Å². The number of benzene rings is 1. The molecule has 116 valence electrons. The molecule has 0 spiro atoms. The van der Waals surface area contributed by atoms with Crippen LogP contribution in [-0.4, -0.2) is 41.4 Å². The molecule has 0 aromatic heterocycles. The minimum Gasteiger partial charge on any atom is -0.394 e. The molecular weight excluding hydrogens is 296 g/mol. The van der Waals surface area contributed by atoms with Gasteiger partial charge in [-0.05, 0) is 32.4 Å². The second-order valence-electron chi connectivity index (χ2n) is 5.91. The Morgan fingerprint density at radius 2 is 2.24 bits per heavy atom. The van der Waals surface area contributed by atoms with E-state index in [9.17, 15) is 15.2 Å². The first-order valence-corrected chi connectivity index (χ1v) is 7.09. The van der Waals surface area contributed by atoms with Crippen molar-refractivity contribution in [3.8, 4) is 0 Å². The van der Waals surface area contributed by atoms with E-state index in [0.29, 0.717) is 13.1 Å². The summed E-state index contributed by atoms with van der Waals surface area (Å²) in [5.74, 6) is 0. The zero-order valence-corrected chi connectivity index (χ0v) is 13.1. The molecule has 1 aliphatic rings. The molecule has 7 heteroatoms. The van der Waals surface area contributed by atoms with E-state index in [-0.39, 0.29) is 23.4 Å². The maximum atomic E-state index is 10.9. The highest BCUT2D eigenvalue weighted by Crippen LogP contribution is 2.35. The zero-order chi connectivity index (χ0) is 15.8. The van der Waals surface area contributed by atoms with Crippen LogP contribution < -0.4 is 4.90 Å². The number of rotatable bonds is 3. The SMILES string of the molecule is Cc1cc([N+](=O)[O-])c(Cl)cc1N1CC(CO)OC(C)(C)C1. The van der Waals surface area contributed by atoms with Crippen LogP contribution in [-0.2, 0) is 4.74 Å². The van der Waals surface area contributed by atoms with Crippen molar-refractivity contribution in [1.82, 2.24) is 0 Å². The summed E-state index contributed by atoms with van der Waals surface area (Å²) in [4.78, 5) is 12.5. The van der Waals surface area contributed by atoms with Gasteiger partial charge in [-0.15, -0.1) is 0 Å². The molecule has 1 fully saturated rings. The molecule has 1 aliphatic heterocycles. The number of anilines is 1. The van der Waals surface area contributed by atoms with Crippen LogP contribution in [0.4, 0.5) is 11.4 Å². The minimum atomic E-state index is -0.487. The summed E-state index contributed by atoms with van der Waals surface area (Å²) in [5, 5.41) is 20.4. The standard InChI is InChI=1S/C14H19ClN2O4/c1-9-4-13(17(19)20)11(15)5-12(9)16-6-10(7-18)21-14(2,3)8-16/h4-5,10,18H,6-8H2,1-3H3. The molecule has 1 aromatic carbocycles. The fourth-order valence-corrected chi connectivity index (χ4v) is 2.94. The van der Waals surface area contributed by atoms with Gasteiger partial charge < -0.3 is 14.7 Å². The van der Waals surface area contributed by atoms with Crippen molar-refractivity contribution < 1.29 is 14.8 Å². The first-order valence-electron chi connectivity index (χ1n) is 6.71. The van der Waals surface area contributed by atoms with Crippen LogP contribution in [0.2, 0.25) is 5.02 Å². The van der Waals surface area contributed by atoms with Gasteiger partial charge in [0.25, 0.3) is 5.69 Å². The fourth-order valence-electron chi connectivity index (χ4n) is 2.71. The summed E-state index contributed by atoms with van der Waals surface area (Å²) < 4.78 is 5.77. The smallest absolute Gasteiger partial charge is 0.288 e. The number of hydrogen-bond donors (Lipinski definition) is 1. The molecule has 2 rings (SSSR count). The lowest BCUT2D eigenvalue weighted by Crippen LogP contribution is -2.54. The average Bonchev–Trinajstić information content (AvgIpc) is 2.38. The number of morpholine rings is 1. The molecule has 1 aromatic rings. The van der Waals surface area contributed by atoms with Crippen molar-refractivity contribution in [2.24, 2.45) is 0 Å². The summed E-state index contributed by atoms with van der Waals surface area (Å²) in [5.41, 5.74) is 1.11. The van der Waals surface area contributed by atoms with Crippen LogP contribution in [0.25, 0.3) is 0 Å². The van der Waals surface area contributed by atoms with Crippen molar-refractivity contribution in [1.29, 1.82) is 0 Å². The van der Waals surface area contributed by atoms with Crippen LogP contribution in [0, 0.1) is 17.0 Å². The number of halogens is 1. The molecule has 6 nitrogen and oxygen atoms in total. The molecule has 1 unspecified atom stereocenters. The average molecular weight is 315 g/mol. The van der Waals surface area contributed by atoms with Gasteiger partial charge in [-0.2, -0.15) is 0 Å². The number of hydrogen-bond acceptors (Lipinski definition) is 5. The Morgan fingerprint density at radius 3 is 2.81 bits per heavy atom. The summed E-state index contributed by atoms with van der Waals surface area (Å²) in [6, 6.07) is 3.10. The topological polar surface area (TPSA) is 75.8 Å². The van der Waals surface area contributed by atoms with E-state index in [0.717, 1.165) is 11.3 Å². The van der Waals surface area contributed by atoms with Crippen molar-refractivity contribution in [3.63, 3.8) is 0 Å². The summed E-state index contributed by atoms with van der Waals surface area (Å²) in [6.45, 7) is 6.79. The molecular formula is C14H19ClN2O4. The number of ether oxygens (including phenoxy) is 1. The van der Waals surface area contributed by atoms with Gasteiger partial charge in [-0.1, -0.05) is 11.6 Å². The van der Waals surface area contributed by atoms with E-state index in [1.807, 2.05) is 20.8 Å². The van der Waals surface area contributed by atoms with Crippen molar-refractivity contribution in [2.45, 2.75) is 32.5 Å². The first-order chi connectivity index (χ1) is 9.73. The van der Waals surface area contributed by atoms with Gasteiger partial charge in [0.1, 0.15) is 5.02 Å². The Hall–Kier alpha value is -1.37. The Kier molecular flexibility index (Phi) is 4.41. The van der Waals surface area contributed by atoms with Crippen molar-refractivity contribution >= 4 is 23.0 Å². The zero-order valence-electron chi connectivity index (χ0n) is 12.3. The maximum absolute atomic E-state index is 10.9. The molecule has 1 heterocycles. The van der Waals surface area contributed by atoms with Crippen LogP contribution >= 0.6 is 11.6 Å². The summed E-state index contributed by atoms with van der Waals surface area (Å²) >= 11 is 6.01. The molecule has 0 aliphatic carbocycles. The molecule has 1 N–H and O–H groups in total. The lowest BCUT2D eigenvalue weighted by Gasteiger charge is -2.43. The van der Waals surface area contributed by atoms with E-state index >= 15 is 0 Å². The van der Waals surface area contributed by atoms with Gasteiger partial charge in [-0.3, -0.25) is 10.1 Å². The number of nitrogens with zero attached hydrogens (tertiary/aromatic N) is 2. The van der Waals surface area contributed by atoms with Gasteiger partial charge in [0.05, 0.1) is 23.2 Å². The normalized spacial score (nSPS) is 21.4. The van der Waals surface area contributed by atoms with E-state index in [2.05, 4.69) is 4.90 Å². The number of nitro groups is 1. The highest BCUT2D eigenvalue weighted by atomic mass is 35.5. The molecule has 0 saturated carbocycles. The third-order valence-corrected chi connectivity index (χ3v) is 3.79. The Labute approximate surface area is 128 Å². The maximum Gasteiger partial charge on any atom is 0.288 e. The predicted octanol–water partition coefficient (Wildman–Crippen LogP) is 2.53. The molecule has 1 atom stereocenters. The Balaban J connectivity index is 2.37. The van der Waals surface area contributed by atoms with Crippen molar-refractivity contribution in [2.75, 3.05) is 24.6 Å². The van der Waals surface area contributed by atoms with Crippen LogP contribution in [0.15, 0.2) is 12.1 Å². The number of aliphatic hydroxyl groups excluding tert-OH is 1. The second kappa shape index (κ2) is 5.79. The van der Waals surface area contributed by atoms with E-state index in [1.54, 1.807) is 6.07 Å². The predicted molar refractivity (Wildman–Crippen MR) is 81.1 cm³/mol. The van der Waals surface area contributed by atoms with E-state index in [1.165, 1.54) is 6.07 Å². The van der Waals surface area contributed by atoms with Crippen LogP contribution in [0.3, 0.4) is 0 Å². The first kappa shape index (κ1) is 16.0. The number of aryl methyl sites for hydroxylation is 1. The minimum absolute atomic E-state index is 0.0698. The van der Waals surface area contributed by atoms with Crippen molar-refractivity contribution in [3.05, 3.63) is 32.8 Å². The highest BCUT2D eigenvalue weighted by Gasteiger charge is 2.34.